The van der Waals surface area contributed by atoms with Crippen LogP contribution in [0, 0.1) is 0 Å². The summed E-state index contributed by atoms with van der Waals surface area (Å²) in [5.74, 6) is 0. The molecule has 1 aliphatic heterocycles. The highest BCUT2D eigenvalue weighted by atomic mass is 35.5. The van der Waals surface area contributed by atoms with Gasteiger partial charge in [-0.15, -0.1) is 0 Å². The summed E-state index contributed by atoms with van der Waals surface area (Å²) in [6.45, 7) is 0. The lowest BCUT2D eigenvalue weighted by atomic mass is 10.1. The first-order valence-electron chi connectivity index (χ1n) is 3.89. The van der Waals surface area contributed by atoms with Crippen molar-refractivity contribution in [3.63, 3.8) is 0 Å². The third kappa shape index (κ3) is 1.43. The van der Waals surface area contributed by atoms with E-state index in [2.05, 4.69) is 16.6 Å². The second kappa shape index (κ2) is 3.15. The van der Waals surface area contributed by atoms with Crippen LogP contribution >= 0.6 is 11.6 Å². The van der Waals surface area contributed by atoms with Gasteiger partial charge in [-0.25, -0.2) is 0 Å². The largest absolute Gasteiger partial charge is 0.303 e. The highest BCUT2D eigenvalue weighted by molar-refractivity contribution is 6.30. The van der Waals surface area contributed by atoms with Crippen LogP contribution in [0.5, 0.6) is 0 Å². The summed E-state index contributed by atoms with van der Waals surface area (Å²) in [6.07, 6.45) is 2.83. The smallest absolute Gasteiger partial charge is 0.0739 e. The van der Waals surface area contributed by atoms with Crippen LogP contribution in [0.1, 0.15) is 18.0 Å². The zero-order chi connectivity index (χ0) is 8.39. The van der Waals surface area contributed by atoms with Crippen LogP contribution in [-0.2, 0) is 0 Å². The predicted molar refractivity (Wildman–Crippen MR) is 50.4 cm³/mol. The SMILES string of the molecule is Clc1cccc(C2CC=NN2)c1. The molecule has 0 fully saturated rings. The Labute approximate surface area is 76.2 Å². The summed E-state index contributed by atoms with van der Waals surface area (Å²) >= 11 is 5.85. The Kier molecular flexibility index (Phi) is 2.00. The molecule has 12 heavy (non-hydrogen) atoms. The van der Waals surface area contributed by atoms with Gasteiger partial charge in [0.2, 0.25) is 0 Å². The maximum Gasteiger partial charge on any atom is 0.0739 e. The van der Waals surface area contributed by atoms with E-state index in [1.165, 1.54) is 5.56 Å². The number of halogens is 1. The third-order valence-electron chi connectivity index (χ3n) is 1.91. The van der Waals surface area contributed by atoms with E-state index in [9.17, 15) is 0 Å². The molecule has 1 unspecified atom stereocenters. The van der Waals surface area contributed by atoms with E-state index in [-0.39, 0.29) is 0 Å². The topological polar surface area (TPSA) is 24.4 Å². The zero-order valence-electron chi connectivity index (χ0n) is 6.50. The van der Waals surface area contributed by atoms with E-state index in [1.54, 1.807) is 0 Å². The van der Waals surface area contributed by atoms with Crippen LogP contribution in [0.3, 0.4) is 0 Å². The monoisotopic (exact) mass is 180 g/mol. The Balaban J connectivity index is 2.22. The maximum atomic E-state index is 5.85. The summed E-state index contributed by atoms with van der Waals surface area (Å²) in [5.41, 5.74) is 4.21. The van der Waals surface area contributed by atoms with Crippen LogP contribution < -0.4 is 5.43 Å². The van der Waals surface area contributed by atoms with Gasteiger partial charge >= 0.3 is 0 Å². The summed E-state index contributed by atoms with van der Waals surface area (Å²) in [7, 11) is 0. The standard InChI is InChI=1S/C9H9ClN2/c10-8-3-1-2-7(6-8)9-4-5-11-12-9/h1-3,5-6,9,12H,4H2. The van der Waals surface area contributed by atoms with Crippen molar-refractivity contribution in [2.24, 2.45) is 5.10 Å². The van der Waals surface area contributed by atoms with E-state index >= 15 is 0 Å². The number of hydrazone groups is 1. The molecule has 1 atom stereocenters. The number of nitrogens with one attached hydrogen (secondary N) is 1. The summed E-state index contributed by atoms with van der Waals surface area (Å²) < 4.78 is 0. The molecule has 0 saturated carbocycles. The molecule has 0 spiro atoms. The van der Waals surface area contributed by atoms with Gasteiger partial charge in [0.05, 0.1) is 6.04 Å². The van der Waals surface area contributed by atoms with Crippen molar-refractivity contribution in [2.75, 3.05) is 0 Å². The molecule has 0 radical (unpaired) electrons. The van der Waals surface area contributed by atoms with E-state index in [0.717, 1.165) is 11.4 Å². The maximum absolute atomic E-state index is 5.85. The minimum absolute atomic E-state index is 0.309. The van der Waals surface area contributed by atoms with Gasteiger partial charge in [-0.05, 0) is 17.7 Å². The first-order valence-corrected chi connectivity index (χ1v) is 4.26. The highest BCUT2D eigenvalue weighted by Crippen LogP contribution is 2.21. The summed E-state index contributed by atoms with van der Waals surface area (Å²) in [5, 5.41) is 4.73. The fourth-order valence-electron chi connectivity index (χ4n) is 1.29. The minimum Gasteiger partial charge on any atom is -0.303 e. The molecular weight excluding hydrogens is 172 g/mol. The molecule has 2 rings (SSSR count). The quantitative estimate of drug-likeness (QED) is 0.705. The molecule has 62 valence electrons. The zero-order valence-corrected chi connectivity index (χ0v) is 7.25. The minimum atomic E-state index is 0.309. The van der Waals surface area contributed by atoms with Gasteiger partial charge in [-0.1, -0.05) is 23.7 Å². The van der Waals surface area contributed by atoms with Gasteiger partial charge in [-0.2, -0.15) is 5.10 Å². The molecule has 1 aliphatic rings. The van der Waals surface area contributed by atoms with E-state index in [4.69, 9.17) is 11.6 Å². The van der Waals surface area contributed by atoms with Crippen molar-refractivity contribution in [1.82, 2.24) is 5.43 Å². The van der Waals surface area contributed by atoms with Crippen molar-refractivity contribution < 1.29 is 0 Å². The average Bonchev–Trinajstić information content (AvgIpc) is 2.56. The Bertz CT molecular complexity index is 301. The summed E-state index contributed by atoms with van der Waals surface area (Å²) in [6, 6.07) is 8.16. The van der Waals surface area contributed by atoms with Gasteiger partial charge in [0, 0.05) is 17.7 Å². The Morgan fingerprint density at radius 3 is 3.08 bits per heavy atom. The number of hydrogen-bond acceptors (Lipinski definition) is 2. The Hall–Kier alpha value is -1.02. The van der Waals surface area contributed by atoms with Crippen molar-refractivity contribution in [1.29, 1.82) is 0 Å². The fraction of sp³-hybridized carbons (Fsp3) is 0.222. The van der Waals surface area contributed by atoms with E-state index in [1.807, 2.05) is 24.4 Å². The van der Waals surface area contributed by atoms with Crippen LogP contribution in [0.4, 0.5) is 0 Å². The lowest BCUT2D eigenvalue weighted by Gasteiger charge is -2.09. The lowest BCUT2D eigenvalue weighted by molar-refractivity contribution is 0.620. The molecule has 1 N–H and O–H groups in total. The molecule has 0 aliphatic carbocycles. The molecule has 2 nitrogen and oxygen atoms in total. The van der Waals surface area contributed by atoms with Gasteiger partial charge in [-0.3, -0.25) is 0 Å². The van der Waals surface area contributed by atoms with Gasteiger partial charge in [0.15, 0.2) is 0 Å². The molecular formula is C9H9ClN2. The molecule has 1 aromatic carbocycles. The predicted octanol–water partition coefficient (Wildman–Crippen LogP) is 2.36. The highest BCUT2D eigenvalue weighted by Gasteiger charge is 2.12. The van der Waals surface area contributed by atoms with Crippen molar-refractivity contribution in [3.05, 3.63) is 34.9 Å². The molecule has 0 saturated heterocycles. The number of benzene rings is 1. The first kappa shape index (κ1) is 7.62. The second-order valence-corrected chi connectivity index (χ2v) is 3.22. The van der Waals surface area contributed by atoms with Crippen LogP contribution in [0.2, 0.25) is 5.02 Å². The van der Waals surface area contributed by atoms with Gasteiger partial charge in [0.25, 0.3) is 0 Å². The molecule has 1 heterocycles. The molecule has 3 heteroatoms. The van der Waals surface area contributed by atoms with E-state index < -0.39 is 0 Å². The fourth-order valence-corrected chi connectivity index (χ4v) is 1.49. The average molecular weight is 181 g/mol. The Morgan fingerprint density at radius 2 is 2.42 bits per heavy atom. The number of rotatable bonds is 1. The van der Waals surface area contributed by atoms with Gasteiger partial charge < -0.3 is 5.43 Å². The van der Waals surface area contributed by atoms with Crippen LogP contribution in [0.25, 0.3) is 0 Å². The van der Waals surface area contributed by atoms with E-state index in [0.29, 0.717) is 6.04 Å². The van der Waals surface area contributed by atoms with Crippen LogP contribution in [0.15, 0.2) is 29.4 Å². The van der Waals surface area contributed by atoms with Crippen molar-refractivity contribution in [3.8, 4) is 0 Å². The molecule has 0 amide bonds. The third-order valence-corrected chi connectivity index (χ3v) is 2.15. The normalized spacial score (nSPS) is 20.9. The summed E-state index contributed by atoms with van der Waals surface area (Å²) in [4.78, 5) is 0. The molecule has 1 aromatic rings. The first-order chi connectivity index (χ1) is 5.86. The molecule has 0 aromatic heterocycles. The Morgan fingerprint density at radius 1 is 1.50 bits per heavy atom. The number of nitrogens with zero attached hydrogens (tertiary/aromatic N) is 1. The second-order valence-electron chi connectivity index (χ2n) is 2.78. The van der Waals surface area contributed by atoms with Crippen molar-refractivity contribution in [2.45, 2.75) is 12.5 Å². The lowest BCUT2D eigenvalue weighted by Crippen LogP contribution is -2.08. The van der Waals surface area contributed by atoms with Gasteiger partial charge in [0.1, 0.15) is 0 Å². The van der Waals surface area contributed by atoms with Crippen LogP contribution in [-0.4, -0.2) is 6.21 Å². The number of hydrogen-bond donors (Lipinski definition) is 1. The van der Waals surface area contributed by atoms with Crippen molar-refractivity contribution >= 4 is 17.8 Å². The molecule has 0 bridgehead atoms.